The molecular weight excluding hydrogens is 294 g/mol. The number of hydrogen-bond donors (Lipinski definition) is 3. The number of hydrogen-bond acceptors (Lipinski definition) is 4. The van der Waals surface area contributed by atoms with Crippen molar-refractivity contribution >= 4 is 5.91 Å². The fraction of sp³-hybridized carbons (Fsp3) is 0.353. The molecule has 0 spiro atoms. The number of H-pyrrole nitrogens is 1. The van der Waals surface area contributed by atoms with Gasteiger partial charge in [0.2, 0.25) is 5.75 Å². The molecular formula is C17H21N3O3. The summed E-state index contributed by atoms with van der Waals surface area (Å²) >= 11 is 0. The van der Waals surface area contributed by atoms with Gasteiger partial charge in [0.05, 0.1) is 0 Å². The predicted octanol–water partition coefficient (Wildman–Crippen LogP) is 2.23. The first kappa shape index (κ1) is 16.7. The Morgan fingerprint density at radius 1 is 1.30 bits per heavy atom. The summed E-state index contributed by atoms with van der Waals surface area (Å²) in [6.45, 7) is 6.50. The molecule has 1 amide bonds. The number of carbonyl (C=O) groups excluding carboxylic acids is 1. The molecule has 1 aromatic heterocycles. The molecule has 3 N–H and O–H groups in total. The van der Waals surface area contributed by atoms with E-state index in [1.807, 2.05) is 32.9 Å². The van der Waals surface area contributed by atoms with Crippen LogP contribution in [-0.4, -0.2) is 27.5 Å². The molecule has 0 atom stereocenters. The van der Waals surface area contributed by atoms with Gasteiger partial charge in [0.1, 0.15) is 5.82 Å². The first-order valence-electron chi connectivity index (χ1n) is 7.57. The van der Waals surface area contributed by atoms with Crippen LogP contribution >= 0.6 is 0 Å². The number of nitrogens with zero attached hydrogens (tertiary/aromatic N) is 1. The maximum absolute atomic E-state index is 12.2. The molecule has 2 aromatic rings. The summed E-state index contributed by atoms with van der Waals surface area (Å²) in [7, 11) is 0. The van der Waals surface area contributed by atoms with Crippen LogP contribution in [0.4, 0.5) is 0 Å². The second kappa shape index (κ2) is 7.09. The number of carbonyl (C=O) groups is 1. The Hall–Kier alpha value is -2.63. The van der Waals surface area contributed by atoms with Crippen molar-refractivity contribution in [3.8, 4) is 17.1 Å². The van der Waals surface area contributed by atoms with Crippen LogP contribution in [0.5, 0.6) is 5.75 Å². The molecule has 0 aliphatic heterocycles. The van der Waals surface area contributed by atoms with Gasteiger partial charge < -0.3 is 15.4 Å². The van der Waals surface area contributed by atoms with Crippen molar-refractivity contribution in [2.45, 2.75) is 27.2 Å². The first-order chi connectivity index (χ1) is 10.9. The van der Waals surface area contributed by atoms with Crippen molar-refractivity contribution in [2.75, 3.05) is 6.54 Å². The van der Waals surface area contributed by atoms with Gasteiger partial charge in [-0.05, 0) is 19.3 Å². The minimum Gasteiger partial charge on any atom is -0.501 e. The Balaban J connectivity index is 2.31. The molecule has 0 fully saturated rings. The van der Waals surface area contributed by atoms with Gasteiger partial charge in [-0.3, -0.25) is 9.59 Å². The van der Waals surface area contributed by atoms with Crippen LogP contribution in [-0.2, 0) is 0 Å². The van der Waals surface area contributed by atoms with E-state index in [-0.39, 0.29) is 11.5 Å². The number of aryl methyl sites for hydroxylation is 1. The Morgan fingerprint density at radius 3 is 2.57 bits per heavy atom. The zero-order valence-electron chi connectivity index (χ0n) is 13.5. The highest BCUT2D eigenvalue weighted by Gasteiger charge is 2.18. The van der Waals surface area contributed by atoms with Crippen molar-refractivity contribution in [3.63, 3.8) is 0 Å². The van der Waals surface area contributed by atoms with E-state index in [1.54, 1.807) is 12.1 Å². The monoisotopic (exact) mass is 315 g/mol. The molecule has 0 bridgehead atoms. The summed E-state index contributed by atoms with van der Waals surface area (Å²) in [5, 5.41) is 12.5. The van der Waals surface area contributed by atoms with Crippen molar-refractivity contribution in [2.24, 2.45) is 5.92 Å². The van der Waals surface area contributed by atoms with Gasteiger partial charge in [-0.2, -0.15) is 0 Å². The molecule has 2 rings (SSSR count). The molecule has 0 saturated heterocycles. The Kier molecular flexibility index (Phi) is 5.16. The van der Waals surface area contributed by atoms with Gasteiger partial charge in [0.25, 0.3) is 11.5 Å². The van der Waals surface area contributed by atoms with Gasteiger partial charge in [0.15, 0.2) is 5.69 Å². The number of nitrogens with one attached hydrogen (secondary N) is 2. The van der Waals surface area contributed by atoms with E-state index in [0.717, 1.165) is 12.0 Å². The van der Waals surface area contributed by atoms with Crippen LogP contribution in [0.15, 0.2) is 29.1 Å². The van der Waals surface area contributed by atoms with E-state index in [2.05, 4.69) is 15.3 Å². The highest BCUT2D eigenvalue weighted by molar-refractivity contribution is 5.95. The molecule has 6 heteroatoms. The summed E-state index contributed by atoms with van der Waals surface area (Å²) in [5.74, 6) is -0.522. The van der Waals surface area contributed by atoms with Crippen molar-refractivity contribution < 1.29 is 9.90 Å². The summed E-state index contributed by atoms with van der Waals surface area (Å²) in [4.78, 5) is 30.6. The minimum absolute atomic E-state index is 0.252. The lowest BCUT2D eigenvalue weighted by atomic mass is 10.1. The number of aromatic amines is 1. The summed E-state index contributed by atoms with van der Waals surface area (Å²) < 4.78 is 0. The predicted molar refractivity (Wildman–Crippen MR) is 88.5 cm³/mol. The van der Waals surface area contributed by atoms with Crippen LogP contribution in [0.25, 0.3) is 11.4 Å². The van der Waals surface area contributed by atoms with E-state index < -0.39 is 17.2 Å². The quantitative estimate of drug-likeness (QED) is 0.788. The maximum Gasteiger partial charge on any atom is 0.294 e. The molecule has 0 unspecified atom stereocenters. The Bertz CT molecular complexity index is 749. The molecule has 1 aromatic carbocycles. The van der Waals surface area contributed by atoms with Gasteiger partial charge in [0, 0.05) is 12.1 Å². The highest BCUT2D eigenvalue weighted by atomic mass is 16.3. The van der Waals surface area contributed by atoms with Gasteiger partial charge in [-0.1, -0.05) is 43.7 Å². The lowest BCUT2D eigenvalue weighted by molar-refractivity contribution is 0.0943. The minimum atomic E-state index is -0.732. The van der Waals surface area contributed by atoms with Gasteiger partial charge >= 0.3 is 0 Å². The molecule has 23 heavy (non-hydrogen) atoms. The fourth-order valence-corrected chi connectivity index (χ4v) is 2.03. The fourth-order valence-electron chi connectivity index (χ4n) is 2.03. The molecule has 122 valence electrons. The number of amides is 1. The van der Waals surface area contributed by atoms with E-state index in [1.165, 1.54) is 0 Å². The third-order valence-electron chi connectivity index (χ3n) is 3.44. The zero-order chi connectivity index (χ0) is 17.0. The Labute approximate surface area is 134 Å². The first-order valence-corrected chi connectivity index (χ1v) is 7.57. The summed E-state index contributed by atoms with van der Waals surface area (Å²) in [6.07, 6.45) is 0.806. The van der Waals surface area contributed by atoms with Gasteiger partial charge in [-0.15, -0.1) is 0 Å². The largest absolute Gasteiger partial charge is 0.501 e. The lowest BCUT2D eigenvalue weighted by Gasteiger charge is -2.09. The van der Waals surface area contributed by atoms with Crippen molar-refractivity contribution in [1.29, 1.82) is 0 Å². The second-order valence-electron chi connectivity index (χ2n) is 5.92. The molecule has 1 heterocycles. The number of aromatic nitrogens is 2. The highest BCUT2D eigenvalue weighted by Crippen LogP contribution is 2.17. The topological polar surface area (TPSA) is 95.1 Å². The zero-order valence-corrected chi connectivity index (χ0v) is 13.5. The van der Waals surface area contributed by atoms with Crippen LogP contribution in [0.1, 0.15) is 36.3 Å². The number of rotatable bonds is 5. The SMILES string of the molecule is Cc1ccc(-c2nc(C(=O)NCCC(C)C)c(O)c(=O)[nH]2)cc1. The summed E-state index contributed by atoms with van der Waals surface area (Å²) in [6, 6.07) is 7.35. The van der Waals surface area contributed by atoms with Crippen LogP contribution < -0.4 is 10.9 Å². The number of aromatic hydroxyl groups is 1. The second-order valence-corrected chi connectivity index (χ2v) is 5.92. The standard InChI is InChI=1S/C17H21N3O3/c1-10(2)8-9-18-16(22)13-14(21)17(23)20-15(19-13)12-6-4-11(3)5-7-12/h4-7,10,21H,8-9H2,1-3H3,(H,18,22)(H,19,20,23). The van der Waals surface area contributed by atoms with Crippen LogP contribution in [0, 0.1) is 12.8 Å². The van der Waals surface area contributed by atoms with Gasteiger partial charge in [-0.25, -0.2) is 4.98 Å². The summed E-state index contributed by atoms with van der Waals surface area (Å²) in [5.41, 5.74) is 0.753. The van der Waals surface area contributed by atoms with E-state index in [9.17, 15) is 14.7 Å². The molecule has 6 nitrogen and oxygen atoms in total. The van der Waals surface area contributed by atoms with E-state index in [4.69, 9.17) is 0 Å². The molecule has 0 aliphatic carbocycles. The molecule has 0 radical (unpaired) electrons. The third-order valence-corrected chi connectivity index (χ3v) is 3.44. The van der Waals surface area contributed by atoms with Crippen molar-refractivity contribution in [1.82, 2.24) is 15.3 Å². The van der Waals surface area contributed by atoms with Crippen LogP contribution in [0.2, 0.25) is 0 Å². The average molecular weight is 315 g/mol. The smallest absolute Gasteiger partial charge is 0.294 e. The Morgan fingerprint density at radius 2 is 1.96 bits per heavy atom. The number of benzene rings is 1. The van der Waals surface area contributed by atoms with E-state index >= 15 is 0 Å². The molecule has 0 saturated carbocycles. The van der Waals surface area contributed by atoms with Crippen molar-refractivity contribution in [3.05, 3.63) is 45.9 Å². The van der Waals surface area contributed by atoms with Crippen LogP contribution in [0.3, 0.4) is 0 Å². The normalized spacial score (nSPS) is 10.8. The maximum atomic E-state index is 12.2. The third kappa shape index (κ3) is 4.18. The lowest BCUT2D eigenvalue weighted by Crippen LogP contribution is -2.28. The van der Waals surface area contributed by atoms with E-state index in [0.29, 0.717) is 18.0 Å². The molecule has 0 aliphatic rings. The average Bonchev–Trinajstić information content (AvgIpc) is 2.50.